The zero-order valence-electron chi connectivity index (χ0n) is 10.9. The van der Waals surface area contributed by atoms with Gasteiger partial charge in [0.2, 0.25) is 5.91 Å². The summed E-state index contributed by atoms with van der Waals surface area (Å²) in [6, 6.07) is 8.63. The number of fused-ring (bicyclic) bond motifs is 1. The average Bonchev–Trinajstić information content (AvgIpc) is 2.48. The van der Waals surface area contributed by atoms with Gasteiger partial charge in [-0.15, -0.1) is 0 Å². The second-order valence-corrected chi connectivity index (χ2v) is 5.26. The molecule has 0 saturated carbocycles. The normalized spacial score (nSPS) is 20.0. The highest BCUT2D eigenvalue weighted by Crippen LogP contribution is 2.31. The van der Waals surface area contributed by atoms with Crippen molar-refractivity contribution in [2.75, 3.05) is 13.1 Å². The van der Waals surface area contributed by atoms with E-state index in [4.69, 9.17) is 0 Å². The summed E-state index contributed by atoms with van der Waals surface area (Å²) < 4.78 is 0. The largest absolute Gasteiger partial charge is 0.342 e. The Hall–Kier alpha value is -1.31. The van der Waals surface area contributed by atoms with Crippen molar-refractivity contribution < 1.29 is 4.79 Å². The molecule has 0 saturated heterocycles. The number of rotatable bonds is 1. The van der Waals surface area contributed by atoms with Crippen LogP contribution in [0, 0.1) is 5.92 Å². The Balaban J connectivity index is 2.35. The van der Waals surface area contributed by atoms with Gasteiger partial charge in [0.25, 0.3) is 0 Å². The van der Waals surface area contributed by atoms with Crippen molar-refractivity contribution in [3.8, 4) is 0 Å². The summed E-state index contributed by atoms with van der Waals surface area (Å²) >= 11 is 0. The van der Waals surface area contributed by atoms with Gasteiger partial charge in [-0.3, -0.25) is 4.79 Å². The first-order valence-electron chi connectivity index (χ1n) is 6.43. The van der Waals surface area contributed by atoms with Crippen LogP contribution in [0.5, 0.6) is 0 Å². The third-order valence-electron chi connectivity index (χ3n) is 3.77. The van der Waals surface area contributed by atoms with Gasteiger partial charge in [0.1, 0.15) is 0 Å². The molecule has 0 radical (unpaired) electrons. The molecule has 0 aromatic heterocycles. The number of hydrogen-bond donors (Lipinski definition) is 0. The molecule has 2 heteroatoms. The smallest absolute Gasteiger partial charge is 0.219 e. The van der Waals surface area contributed by atoms with Crippen molar-refractivity contribution in [2.45, 2.75) is 33.1 Å². The molecular weight excluding hydrogens is 210 g/mol. The lowest BCUT2D eigenvalue weighted by Gasteiger charge is -2.26. The maximum atomic E-state index is 11.6. The van der Waals surface area contributed by atoms with Gasteiger partial charge in [-0.2, -0.15) is 0 Å². The summed E-state index contributed by atoms with van der Waals surface area (Å²) in [7, 11) is 0. The number of nitrogens with zero attached hydrogens (tertiary/aromatic N) is 1. The van der Waals surface area contributed by atoms with Crippen molar-refractivity contribution >= 4 is 5.91 Å². The molecule has 17 heavy (non-hydrogen) atoms. The lowest BCUT2D eigenvalue weighted by Crippen LogP contribution is -2.33. The average molecular weight is 231 g/mol. The molecule has 1 aliphatic rings. The predicted octanol–water partition coefficient (Wildman–Crippen LogP) is 2.83. The molecule has 0 N–H and O–H groups in total. The van der Waals surface area contributed by atoms with Gasteiger partial charge in [-0.1, -0.05) is 38.1 Å². The van der Waals surface area contributed by atoms with E-state index >= 15 is 0 Å². The fourth-order valence-corrected chi connectivity index (χ4v) is 2.66. The Morgan fingerprint density at radius 3 is 2.71 bits per heavy atom. The van der Waals surface area contributed by atoms with Crippen LogP contribution in [0.25, 0.3) is 0 Å². The van der Waals surface area contributed by atoms with E-state index in [1.165, 1.54) is 11.1 Å². The number of benzene rings is 1. The van der Waals surface area contributed by atoms with Crippen LogP contribution in [0.15, 0.2) is 24.3 Å². The van der Waals surface area contributed by atoms with Crippen LogP contribution in [0.2, 0.25) is 0 Å². The summed E-state index contributed by atoms with van der Waals surface area (Å²) in [4.78, 5) is 13.6. The van der Waals surface area contributed by atoms with E-state index in [-0.39, 0.29) is 5.91 Å². The maximum absolute atomic E-state index is 11.6. The van der Waals surface area contributed by atoms with E-state index < -0.39 is 0 Å². The molecule has 92 valence electrons. The summed E-state index contributed by atoms with van der Waals surface area (Å²) in [5.41, 5.74) is 2.85. The molecule has 0 aliphatic carbocycles. The lowest BCUT2D eigenvalue weighted by atomic mass is 9.85. The molecule has 1 aromatic carbocycles. The van der Waals surface area contributed by atoms with Gasteiger partial charge in [0, 0.05) is 25.9 Å². The van der Waals surface area contributed by atoms with Gasteiger partial charge in [-0.05, 0) is 23.5 Å². The molecule has 1 unspecified atom stereocenters. The molecular formula is C15H21NO. The van der Waals surface area contributed by atoms with Crippen LogP contribution in [0.4, 0.5) is 0 Å². The first kappa shape index (κ1) is 12.2. The highest BCUT2D eigenvalue weighted by Gasteiger charge is 2.25. The van der Waals surface area contributed by atoms with E-state index in [1.807, 2.05) is 4.90 Å². The molecule has 1 aliphatic heterocycles. The minimum absolute atomic E-state index is 0.198. The number of carbonyl (C=O) groups is 1. The Morgan fingerprint density at radius 1 is 1.35 bits per heavy atom. The van der Waals surface area contributed by atoms with E-state index in [9.17, 15) is 4.79 Å². The Labute approximate surface area is 104 Å². The Bertz CT molecular complexity index is 411. The quantitative estimate of drug-likeness (QED) is 0.728. The van der Waals surface area contributed by atoms with Crippen molar-refractivity contribution in [3.05, 3.63) is 35.4 Å². The van der Waals surface area contributed by atoms with Crippen molar-refractivity contribution in [1.29, 1.82) is 0 Å². The number of carbonyl (C=O) groups excluding carboxylic acids is 1. The topological polar surface area (TPSA) is 20.3 Å². The van der Waals surface area contributed by atoms with Crippen LogP contribution in [0.3, 0.4) is 0 Å². The molecule has 1 amide bonds. The van der Waals surface area contributed by atoms with Gasteiger partial charge in [0.15, 0.2) is 0 Å². The predicted molar refractivity (Wildman–Crippen MR) is 70.0 cm³/mol. The SMILES string of the molecule is CC(=O)N1CCc2ccccc2C(C(C)C)C1. The minimum atomic E-state index is 0.198. The van der Waals surface area contributed by atoms with Crippen molar-refractivity contribution in [3.63, 3.8) is 0 Å². The molecule has 1 aromatic rings. The van der Waals surface area contributed by atoms with Gasteiger partial charge in [-0.25, -0.2) is 0 Å². The highest BCUT2D eigenvalue weighted by atomic mass is 16.2. The molecule has 0 bridgehead atoms. The van der Waals surface area contributed by atoms with Crippen LogP contribution >= 0.6 is 0 Å². The summed E-state index contributed by atoms with van der Waals surface area (Å²) in [5, 5.41) is 0. The van der Waals surface area contributed by atoms with Crippen LogP contribution in [0.1, 0.15) is 37.8 Å². The highest BCUT2D eigenvalue weighted by molar-refractivity contribution is 5.73. The third-order valence-corrected chi connectivity index (χ3v) is 3.77. The Kier molecular flexibility index (Phi) is 3.51. The van der Waals surface area contributed by atoms with Crippen molar-refractivity contribution in [1.82, 2.24) is 4.90 Å². The minimum Gasteiger partial charge on any atom is -0.342 e. The van der Waals surface area contributed by atoms with Gasteiger partial charge in [0.05, 0.1) is 0 Å². The van der Waals surface area contributed by atoms with E-state index in [2.05, 4.69) is 38.1 Å². The van der Waals surface area contributed by atoms with E-state index in [1.54, 1.807) is 6.92 Å². The second-order valence-electron chi connectivity index (χ2n) is 5.26. The monoisotopic (exact) mass is 231 g/mol. The first-order chi connectivity index (χ1) is 8.09. The van der Waals surface area contributed by atoms with Crippen LogP contribution < -0.4 is 0 Å². The zero-order valence-corrected chi connectivity index (χ0v) is 10.9. The fourth-order valence-electron chi connectivity index (χ4n) is 2.66. The van der Waals surface area contributed by atoms with Crippen molar-refractivity contribution in [2.24, 2.45) is 5.92 Å². The molecule has 2 nitrogen and oxygen atoms in total. The zero-order chi connectivity index (χ0) is 12.4. The Morgan fingerprint density at radius 2 is 2.06 bits per heavy atom. The molecule has 1 atom stereocenters. The summed E-state index contributed by atoms with van der Waals surface area (Å²) in [6.07, 6.45) is 0.985. The van der Waals surface area contributed by atoms with E-state index in [0.29, 0.717) is 11.8 Å². The maximum Gasteiger partial charge on any atom is 0.219 e. The lowest BCUT2D eigenvalue weighted by molar-refractivity contribution is -0.129. The molecule has 1 heterocycles. The third kappa shape index (κ3) is 2.51. The van der Waals surface area contributed by atoms with Crippen LogP contribution in [-0.4, -0.2) is 23.9 Å². The van der Waals surface area contributed by atoms with Crippen LogP contribution in [-0.2, 0) is 11.2 Å². The van der Waals surface area contributed by atoms with Gasteiger partial charge < -0.3 is 4.90 Å². The molecule has 0 spiro atoms. The fraction of sp³-hybridized carbons (Fsp3) is 0.533. The standard InChI is InChI=1S/C15H21NO/c1-11(2)15-10-16(12(3)17)9-8-13-6-4-5-7-14(13)15/h4-7,11,15H,8-10H2,1-3H3. The first-order valence-corrected chi connectivity index (χ1v) is 6.43. The van der Waals surface area contributed by atoms with Gasteiger partial charge >= 0.3 is 0 Å². The summed E-state index contributed by atoms with van der Waals surface area (Å²) in [5.74, 6) is 1.23. The van der Waals surface area contributed by atoms with E-state index in [0.717, 1.165) is 19.5 Å². The second kappa shape index (κ2) is 4.91. The number of hydrogen-bond acceptors (Lipinski definition) is 1. The summed E-state index contributed by atoms with van der Waals surface area (Å²) in [6.45, 7) is 7.88. The number of amides is 1. The molecule has 2 rings (SSSR count). The molecule has 0 fully saturated rings.